The van der Waals surface area contributed by atoms with E-state index < -0.39 is 41.1 Å². The molecule has 4 rings (SSSR count). The lowest BCUT2D eigenvalue weighted by molar-refractivity contribution is -0.163. The molecule has 2 amide bonds. The van der Waals surface area contributed by atoms with Crippen LogP contribution in [0.4, 0.5) is 0 Å². The Hall–Kier alpha value is -2.97. The number of aliphatic hydroxyl groups is 1. The van der Waals surface area contributed by atoms with Crippen LogP contribution in [0.5, 0.6) is 0 Å². The van der Waals surface area contributed by atoms with E-state index in [1.807, 2.05) is 37.3 Å². The number of amides is 2. The molecule has 0 radical (unpaired) electrons. The van der Waals surface area contributed by atoms with Crippen molar-refractivity contribution in [1.82, 2.24) is 9.80 Å². The average molecular weight is 525 g/mol. The molecule has 206 valence electrons. The SMILES string of the molecule is C=CCOC(=O)[C@@H]1[C@H]2C(=O)N([C@H](CO)c3ccccc3)C(C(=O)N(CC=C)CCCC)C23CC[C@@]1(CC)O3. The number of benzene rings is 1. The normalized spacial score (nSPS) is 30.1. The van der Waals surface area contributed by atoms with Crippen LogP contribution < -0.4 is 0 Å². The molecule has 0 aliphatic carbocycles. The molecule has 1 N–H and O–H groups in total. The predicted molar refractivity (Wildman–Crippen MR) is 143 cm³/mol. The summed E-state index contributed by atoms with van der Waals surface area (Å²) in [5.74, 6) is -2.81. The smallest absolute Gasteiger partial charge is 0.313 e. The first-order valence-corrected chi connectivity index (χ1v) is 13.7. The number of hydrogen-bond acceptors (Lipinski definition) is 6. The molecule has 8 nitrogen and oxygen atoms in total. The quantitative estimate of drug-likeness (QED) is 0.314. The van der Waals surface area contributed by atoms with Gasteiger partial charge < -0.3 is 24.4 Å². The number of carbonyl (C=O) groups excluding carboxylic acids is 3. The Morgan fingerprint density at radius 2 is 1.97 bits per heavy atom. The van der Waals surface area contributed by atoms with Gasteiger partial charge in [-0.1, -0.05) is 69.3 Å². The third-order valence-electron chi connectivity index (χ3n) is 8.59. The van der Waals surface area contributed by atoms with Gasteiger partial charge in [-0.25, -0.2) is 0 Å². The molecule has 38 heavy (non-hydrogen) atoms. The number of nitrogens with zero attached hydrogens (tertiary/aromatic N) is 2. The van der Waals surface area contributed by atoms with E-state index in [1.165, 1.54) is 11.0 Å². The van der Waals surface area contributed by atoms with Crippen molar-refractivity contribution >= 4 is 17.8 Å². The van der Waals surface area contributed by atoms with Crippen LogP contribution in [0.2, 0.25) is 0 Å². The molecular formula is C30H40N2O6. The van der Waals surface area contributed by atoms with E-state index in [2.05, 4.69) is 20.1 Å². The molecule has 3 fully saturated rings. The highest BCUT2D eigenvalue weighted by atomic mass is 16.6. The Balaban J connectivity index is 1.85. The summed E-state index contributed by atoms with van der Waals surface area (Å²) in [6.45, 7) is 12.0. The summed E-state index contributed by atoms with van der Waals surface area (Å²) >= 11 is 0. The van der Waals surface area contributed by atoms with Crippen LogP contribution in [-0.2, 0) is 23.9 Å². The van der Waals surface area contributed by atoms with Gasteiger partial charge >= 0.3 is 5.97 Å². The number of rotatable bonds is 13. The second kappa shape index (κ2) is 11.4. The highest BCUT2D eigenvalue weighted by Crippen LogP contribution is 2.65. The Morgan fingerprint density at radius 3 is 2.58 bits per heavy atom. The van der Waals surface area contributed by atoms with Crippen LogP contribution in [0.1, 0.15) is 57.6 Å². The molecule has 1 aromatic carbocycles. The minimum Gasteiger partial charge on any atom is -0.461 e. The number of hydrogen-bond donors (Lipinski definition) is 1. The molecule has 2 bridgehead atoms. The van der Waals surface area contributed by atoms with Crippen molar-refractivity contribution in [2.24, 2.45) is 11.8 Å². The Bertz CT molecular complexity index is 1060. The van der Waals surface area contributed by atoms with Gasteiger partial charge in [0.1, 0.15) is 24.2 Å². The lowest BCUT2D eigenvalue weighted by Crippen LogP contribution is -2.57. The van der Waals surface area contributed by atoms with Gasteiger partial charge in [0.05, 0.1) is 24.2 Å². The van der Waals surface area contributed by atoms with Gasteiger partial charge in [-0.2, -0.15) is 0 Å². The molecule has 3 heterocycles. The number of unbranched alkanes of at least 4 members (excludes halogenated alkanes) is 1. The predicted octanol–water partition coefficient (Wildman–Crippen LogP) is 3.42. The van der Waals surface area contributed by atoms with Gasteiger partial charge in [-0.05, 0) is 31.2 Å². The van der Waals surface area contributed by atoms with Crippen molar-refractivity contribution in [3.63, 3.8) is 0 Å². The van der Waals surface area contributed by atoms with E-state index in [-0.39, 0.29) is 25.0 Å². The van der Waals surface area contributed by atoms with Crippen LogP contribution in [0.15, 0.2) is 55.6 Å². The lowest BCUT2D eigenvalue weighted by atomic mass is 9.65. The zero-order valence-corrected chi connectivity index (χ0v) is 22.5. The van der Waals surface area contributed by atoms with Gasteiger partial charge in [-0.3, -0.25) is 14.4 Å². The highest BCUT2D eigenvalue weighted by molar-refractivity contribution is 5.99. The summed E-state index contributed by atoms with van der Waals surface area (Å²) in [7, 11) is 0. The van der Waals surface area contributed by atoms with Crippen LogP contribution in [0, 0.1) is 11.8 Å². The number of carbonyl (C=O) groups is 3. The molecule has 1 spiro atoms. The summed E-state index contributed by atoms with van der Waals surface area (Å²) in [6.07, 6.45) is 6.41. The number of likely N-dealkylation sites (tertiary alicyclic amines) is 1. The van der Waals surface area contributed by atoms with Gasteiger partial charge in [0.2, 0.25) is 11.8 Å². The maximum Gasteiger partial charge on any atom is 0.313 e. The monoisotopic (exact) mass is 524 g/mol. The Kier molecular flexibility index (Phi) is 8.43. The molecule has 3 aliphatic heterocycles. The van der Waals surface area contributed by atoms with Crippen molar-refractivity contribution in [2.75, 3.05) is 26.3 Å². The third kappa shape index (κ3) is 4.37. The summed E-state index contributed by atoms with van der Waals surface area (Å²) in [4.78, 5) is 45.5. The van der Waals surface area contributed by atoms with Crippen LogP contribution in [0.25, 0.3) is 0 Å². The zero-order chi connectivity index (χ0) is 27.5. The summed E-state index contributed by atoms with van der Waals surface area (Å²) < 4.78 is 12.3. The van der Waals surface area contributed by atoms with E-state index in [1.54, 1.807) is 11.0 Å². The van der Waals surface area contributed by atoms with E-state index in [0.29, 0.717) is 37.9 Å². The third-order valence-corrected chi connectivity index (χ3v) is 8.59. The van der Waals surface area contributed by atoms with Gasteiger partial charge in [0.25, 0.3) is 0 Å². The molecular weight excluding hydrogens is 484 g/mol. The fourth-order valence-corrected chi connectivity index (χ4v) is 6.86. The van der Waals surface area contributed by atoms with Gasteiger partial charge in [0.15, 0.2) is 0 Å². The lowest BCUT2D eigenvalue weighted by Gasteiger charge is -2.39. The largest absolute Gasteiger partial charge is 0.461 e. The van der Waals surface area contributed by atoms with E-state index in [9.17, 15) is 19.5 Å². The zero-order valence-electron chi connectivity index (χ0n) is 22.5. The highest BCUT2D eigenvalue weighted by Gasteiger charge is 2.79. The molecule has 1 aromatic rings. The standard InChI is InChI=1S/C30H40N2O6/c1-5-9-18-31(17-6-2)27(35)25-30-16-15-29(8-4,38-30)24(28(36)37-19-7-3)23(30)26(34)32(25)22(20-33)21-13-11-10-12-14-21/h6-7,10-14,22-25,33H,2-3,5,8-9,15-20H2,1,4H3/t22-,23+,24+,25?,29-,30?/m1/s1. The minimum atomic E-state index is -1.18. The average Bonchev–Trinajstić information content (AvgIpc) is 3.54. The molecule has 0 aromatic heterocycles. The van der Waals surface area contributed by atoms with Gasteiger partial charge in [0, 0.05) is 13.1 Å². The second-order valence-corrected chi connectivity index (χ2v) is 10.5. The number of aliphatic hydroxyl groups excluding tert-OH is 1. The second-order valence-electron chi connectivity index (χ2n) is 10.5. The number of esters is 1. The first-order chi connectivity index (χ1) is 18.4. The first kappa shape index (κ1) is 28.0. The molecule has 3 saturated heterocycles. The van der Waals surface area contributed by atoms with Crippen molar-refractivity contribution < 1.29 is 29.0 Å². The van der Waals surface area contributed by atoms with E-state index >= 15 is 0 Å². The Labute approximate surface area is 225 Å². The molecule has 3 aliphatic rings. The Morgan fingerprint density at radius 1 is 1.24 bits per heavy atom. The van der Waals surface area contributed by atoms with Crippen molar-refractivity contribution in [1.29, 1.82) is 0 Å². The van der Waals surface area contributed by atoms with Crippen molar-refractivity contribution in [3.8, 4) is 0 Å². The summed E-state index contributed by atoms with van der Waals surface area (Å²) in [6, 6.07) is 7.45. The first-order valence-electron chi connectivity index (χ1n) is 13.7. The van der Waals surface area contributed by atoms with E-state index in [0.717, 1.165) is 12.8 Å². The van der Waals surface area contributed by atoms with Crippen molar-refractivity contribution in [2.45, 2.75) is 69.2 Å². The number of ether oxygens (including phenoxy) is 2. The fraction of sp³-hybridized carbons (Fsp3) is 0.567. The molecule has 2 unspecified atom stereocenters. The van der Waals surface area contributed by atoms with Crippen LogP contribution in [0.3, 0.4) is 0 Å². The molecule has 8 heteroatoms. The van der Waals surface area contributed by atoms with Crippen LogP contribution >= 0.6 is 0 Å². The molecule has 6 atom stereocenters. The minimum absolute atomic E-state index is 0.0303. The summed E-state index contributed by atoms with van der Waals surface area (Å²) in [5, 5.41) is 10.6. The summed E-state index contributed by atoms with van der Waals surface area (Å²) in [5.41, 5.74) is -1.35. The van der Waals surface area contributed by atoms with Gasteiger partial charge in [-0.15, -0.1) is 6.58 Å². The number of fused-ring (bicyclic) bond motifs is 1. The fourth-order valence-electron chi connectivity index (χ4n) is 6.86. The maximum atomic E-state index is 14.4. The van der Waals surface area contributed by atoms with Crippen molar-refractivity contribution in [3.05, 3.63) is 61.2 Å². The van der Waals surface area contributed by atoms with E-state index in [4.69, 9.17) is 9.47 Å². The maximum absolute atomic E-state index is 14.4. The topological polar surface area (TPSA) is 96.4 Å². The van der Waals surface area contributed by atoms with Crippen LogP contribution in [-0.4, -0.2) is 76.2 Å². The molecule has 0 saturated carbocycles.